The zero-order chi connectivity index (χ0) is 9.90. The zero-order valence-corrected chi connectivity index (χ0v) is 8.54. The lowest BCUT2D eigenvalue weighted by Gasteiger charge is -2.33. The highest BCUT2D eigenvalue weighted by Crippen LogP contribution is 2.23. The molecule has 0 aromatic carbocycles. The van der Waals surface area contributed by atoms with Gasteiger partial charge in [0.2, 0.25) is 0 Å². The molecule has 3 nitrogen and oxygen atoms in total. The molecule has 0 radical (unpaired) electrons. The van der Waals surface area contributed by atoms with Gasteiger partial charge in [-0.25, -0.2) is 0 Å². The molecule has 1 rings (SSSR count). The van der Waals surface area contributed by atoms with Crippen LogP contribution in [0.1, 0.15) is 20.8 Å². The van der Waals surface area contributed by atoms with Crippen LogP contribution in [0, 0.1) is 22.7 Å². The van der Waals surface area contributed by atoms with Crippen LogP contribution in [-0.2, 0) is 9.31 Å². The summed E-state index contributed by atoms with van der Waals surface area (Å²) in [6, 6.07) is 2.17. The molecule has 0 aliphatic carbocycles. The van der Waals surface area contributed by atoms with Crippen LogP contribution in [0.4, 0.5) is 0 Å². The van der Waals surface area contributed by atoms with E-state index in [1.165, 1.54) is 0 Å². The number of hydrogen-bond acceptors (Lipinski definition) is 3. The van der Waals surface area contributed by atoms with E-state index in [1.807, 2.05) is 6.92 Å². The fourth-order valence-electron chi connectivity index (χ4n) is 1.20. The van der Waals surface area contributed by atoms with E-state index in [0.29, 0.717) is 6.32 Å². The molecule has 1 atom stereocenters. The van der Waals surface area contributed by atoms with E-state index < -0.39 is 0 Å². The summed E-state index contributed by atoms with van der Waals surface area (Å²) in [5, 5.41) is 8.61. The molecule has 0 amide bonds. The summed E-state index contributed by atoms with van der Waals surface area (Å²) in [6.45, 7) is 7.53. The minimum absolute atomic E-state index is 0.00575. The molecule has 0 aromatic heterocycles. The van der Waals surface area contributed by atoms with Crippen molar-refractivity contribution in [2.24, 2.45) is 11.3 Å². The lowest BCUT2D eigenvalue weighted by Crippen LogP contribution is -2.41. The van der Waals surface area contributed by atoms with Gasteiger partial charge in [0.05, 0.1) is 6.07 Å². The summed E-state index contributed by atoms with van der Waals surface area (Å²) < 4.78 is 11.0. The van der Waals surface area contributed by atoms with Gasteiger partial charge in [0.25, 0.3) is 0 Å². The molecule has 1 fully saturated rings. The quantitative estimate of drug-likeness (QED) is 0.609. The number of hydrogen-bond donors (Lipinski definition) is 0. The SMILES string of the molecule is CC(C#N)CB1OCC(C)(C)CO1. The van der Waals surface area contributed by atoms with Gasteiger partial charge in [0, 0.05) is 24.5 Å². The van der Waals surface area contributed by atoms with E-state index in [2.05, 4.69) is 19.9 Å². The average molecular weight is 181 g/mol. The Balaban J connectivity index is 2.30. The van der Waals surface area contributed by atoms with Gasteiger partial charge in [0.15, 0.2) is 0 Å². The first-order valence-corrected chi connectivity index (χ1v) is 4.66. The van der Waals surface area contributed by atoms with Gasteiger partial charge in [0.1, 0.15) is 0 Å². The van der Waals surface area contributed by atoms with Crippen molar-refractivity contribution < 1.29 is 9.31 Å². The smallest absolute Gasteiger partial charge is 0.410 e. The first kappa shape index (κ1) is 10.6. The molecule has 1 heterocycles. The lowest BCUT2D eigenvalue weighted by atomic mass is 9.75. The van der Waals surface area contributed by atoms with Gasteiger partial charge in [-0.1, -0.05) is 13.8 Å². The van der Waals surface area contributed by atoms with Gasteiger partial charge in [-0.15, -0.1) is 0 Å². The highest BCUT2D eigenvalue weighted by Gasteiger charge is 2.32. The predicted molar refractivity (Wildman–Crippen MR) is 51.0 cm³/mol. The minimum atomic E-state index is -0.178. The number of nitriles is 1. The molecular formula is C9H16BNO2. The maximum atomic E-state index is 8.61. The van der Waals surface area contributed by atoms with E-state index in [9.17, 15) is 0 Å². The predicted octanol–water partition coefficient (Wildman–Crippen LogP) is 1.71. The largest absolute Gasteiger partial charge is 0.458 e. The van der Waals surface area contributed by atoms with Crippen LogP contribution >= 0.6 is 0 Å². The molecule has 0 spiro atoms. The van der Waals surface area contributed by atoms with Crippen LogP contribution in [0.5, 0.6) is 0 Å². The van der Waals surface area contributed by atoms with Crippen molar-refractivity contribution in [3.63, 3.8) is 0 Å². The maximum absolute atomic E-state index is 8.61. The van der Waals surface area contributed by atoms with Crippen LogP contribution < -0.4 is 0 Å². The highest BCUT2D eigenvalue weighted by atomic mass is 16.6. The summed E-state index contributed by atoms with van der Waals surface area (Å²) in [4.78, 5) is 0. The van der Waals surface area contributed by atoms with Crippen molar-refractivity contribution in [2.75, 3.05) is 13.2 Å². The Morgan fingerprint density at radius 3 is 2.46 bits per heavy atom. The van der Waals surface area contributed by atoms with Gasteiger partial charge in [-0.3, -0.25) is 0 Å². The normalized spacial score (nSPS) is 23.7. The summed E-state index contributed by atoms with van der Waals surface area (Å²) in [5.74, 6) is 0.00575. The Hall–Kier alpha value is -0.525. The van der Waals surface area contributed by atoms with Gasteiger partial charge in [-0.2, -0.15) is 5.26 Å². The van der Waals surface area contributed by atoms with E-state index in [1.54, 1.807) is 0 Å². The molecule has 72 valence electrons. The third-order valence-electron chi connectivity index (χ3n) is 2.09. The maximum Gasteiger partial charge on any atom is 0.458 e. The topological polar surface area (TPSA) is 42.2 Å². The lowest BCUT2D eigenvalue weighted by molar-refractivity contribution is 0.0274. The Labute approximate surface area is 80.2 Å². The third-order valence-corrected chi connectivity index (χ3v) is 2.09. The van der Waals surface area contributed by atoms with Crippen molar-refractivity contribution in [3.8, 4) is 6.07 Å². The van der Waals surface area contributed by atoms with Crippen LogP contribution in [0.3, 0.4) is 0 Å². The van der Waals surface area contributed by atoms with Gasteiger partial charge < -0.3 is 9.31 Å². The van der Waals surface area contributed by atoms with Crippen molar-refractivity contribution >= 4 is 7.12 Å². The second-order valence-corrected chi connectivity index (χ2v) is 4.48. The van der Waals surface area contributed by atoms with Crippen molar-refractivity contribution in [3.05, 3.63) is 0 Å². The Morgan fingerprint density at radius 1 is 1.46 bits per heavy atom. The number of nitrogens with zero attached hydrogens (tertiary/aromatic N) is 1. The van der Waals surface area contributed by atoms with Crippen molar-refractivity contribution in [1.29, 1.82) is 5.26 Å². The van der Waals surface area contributed by atoms with Crippen molar-refractivity contribution in [2.45, 2.75) is 27.1 Å². The standard InChI is InChI=1S/C9H16BNO2/c1-8(5-11)4-10-12-6-9(2,3)7-13-10/h8H,4,6-7H2,1-3H3. The fourth-order valence-corrected chi connectivity index (χ4v) is 1.20. The van der Waals surface area contributed by atoms with Gasteiger partial charge >= 0.3 is 7.12 Å². The summed E-state index contributed by atoms with van der Waals surface area (Å²) >= 11 is 0. The average Bonchev–Trinajstić information content (AvgIpc) is 2.08. The third kappa shape index (κ3) is 3.37. The Bertz CT molecular complexity index is 202. The van der Waals surface area contributed by atoms with E-state index in [0.717, 1.165) is 13.2 Å². The molecule has 1 aliphatic rings. The molecule has 1 saturated heterocycles. The Morgan fingerprint density at radius 2 is 2.00 bits per heavy atom. The monoisotopic (exact) mass is 181 g/mol. The molecule has 1 unspecified atom stereocenters. The molecule has 13 heavy (non-hydrogen) atoms. The zero-order valence-electron chi connectivity index (χ0n) is 8.54. The van der Waals surface area contributed by atoms with Crippen LogP contribution in [0.2, 0.25) is 6.32 Å². The summed E-state index contributed by atoms with van der Waals surface area (Å²) in [7, 11) is -0.178. The minimum Gasteiger partial charge on any atom is -0.410 e. The van der Waals surface area contributed by atoms with Crippen molar-refractivity contribution in [1.82, 2.24) is 0 Å². The molecule has 4 heteroatoms. The fraction of sp³-hybridized carbons (Fsp3) is 0.889. The highest BCUT2D eigenvalue weighted by molar-refractivity contribution is 6.44. The Kier molecular flexibility index (Phi) is 3.35. The molecule has 1 aliphatic heterocycles. The second kappa shape index (κ2) is 4.12. The molecule has 0 bridgehead atoms. The van der Waals surface area contributed by atoms with E-state index in [-0.39, 0.29) is 18.5 Å². The van der Waals surface area contributed by atoms with Gasteiger partial charge in [-0.05, 0) is 13.2 Å². The second-order valence-electron chi connectivity index (χ2n) is 4.48. The van der Waals surface area contributed by atoms with E-state index >= 15 is 0 Å². The van der Waals surface area contributed by atoms with Crippen LogP contribution in [0.15, 0.2) is 0 Å². The van der Waals surface area contributed by atoms with Crippen LogP contribution in [0.25, 0.3) is 0 Å². The molecular weight excluding hydrogens is 165 g/mol. The molecule has 0 saturated carbocycles. The van der Waals surface area contributed by atoms with E-state index in [4.69, 9.17) is 14.6 Å². The number of rotatable bonds is 2. The first-order valence-electron chi connectivity index (χ1n) is 4.66. The summed E-state index contributed by atoms with van der Waals surface area (Å²) in [6.07, 6.45) is 0.673. The van der Waals surface area contributed by atoms with Crippen LogP contribution in [-0.4, -0.2) is 20.3 Å². The summed E-state index contributed by atoms with van der Waals surface area (Å²) in [5.41, 5.74) is 0.117. The molecule has 0 N–H and O–H groups in total. The molecule has 0 aromatic rings. The first-order chi connectivity index (χ1) is 6.03.